The SMILES string of the molecule is CC(C)N(Cc1nc2ccccc2c(=O)[nH]1)C(=O)COc1cccc2c1OC(C)(C)C2. The van der Waals surface area contributed by atoms with Crippen molar-refractivity contribution in [2.24, 2.45) is 0 Å². The Morgan fingerprint density at radius 2 is 2.00 bits per heavy atom. The van der Waals surface area contributed by atoms with E-state index in [4.69, 9.17) is 9.47 Å². The Kier molecular flexibility index (Phi) is 5.43. The number of benzene rings is 2. The third kappa shape index (κ3) is 4.40. The van der Waals surface area contributed by atoms with Crippen molar-refractivity contribution in [2.75, 3.05) is 6.61 Å². The second kappa shape index (κ2) is 8.06. The zero-order valence-corrected chi connectivity index (χ0v) is 18.3. The lowest BCUT2D eigenvalue weighted by molar-refractivity contribution is -0.135. The molecule has 4 rings (SSSR count). The number of nitrogens with zero attached hydrogens (tertiary/aromatic N) is 2. The van der Waals surface area contributed by atoms with Crippen molar-refractivity contribution in [3.8, 4) is 11.5 Å². The summed E-state index contributed by atoms with van der Waals surface area (Å²) in [4.78, 5) is 34.3. The fourth-order valence-corrected chi connectivity index (χ4v) is 3.85. The van der Waals surface area contributed by atoms with Crippen LogP contribution in [0.25, 0.3) is 10.9 Å². The van der Waals surface area contributed by atoms with E-state index in [9.17, 15) is 9.59 Å². The third-order valence-corrected chi connectivity index (χ3v) is 5.33. The lowest BCUT2D eigenvalue weighted by atomic mass is 10.0. The Labute approximate surface area is 181 Å². The highest BCUT2D eigenvalue weighted by atomic mass is 16.5. The van der Waals surface area contributed by atoms with E-state index in [0.29, 0.717) is 28.2 Å². The molecule has 0 fully saturated rings. The van der Waals surface area contributed by atoms with Crippen LogP contribution in [-0.4, -0.2) is 39.0 Å². The monoisotopic (exact) mass is 421 g/mol. The normalized spacial score (nSPS) is 14.4. The molecule has 2 aromatic carbocycles. The maximum atomic E-state index is 13.0. The molecular weight excluding hydrogens is 394 g/mol. The highest BCUT2D eigenvalue weighted by Gasteiger charge is 2.32. The minimum Gasteiger partial charge on any atom is -0.483 e. The van der Waals surface area contributed by atoms with Crippen molar-refractivity contribution in [1.82, 2.24) is 14.9 Å². The number of para-hydroxylation sites is 2. The Morgan fingerprint density at radius 1 is 1.23 bits per heavy atom. The highest BCUT2D eigenvalue weighted by Crippen LogP contribution is 2.41. The van der Waals surface area contributed by atoms with E-state index in [1.165, 1.54) is 0 Å². The quantitative estimate of drug-likeness (QED) is 0.659. The highest BCUT2D eigenvalue weighted by molar-refractivity contribution is 5.79. The number of ether oxygens (including phenoxy) is 2. The number of carbonyl (C=O) groups excluding carboxylic acids is 1. The fourth-order valence-electron chi connectivity index (χ4n) is 3.85. The second-order valence-electron chi connectivity index (χ2n) is 8.72. The average molecular weight is 421 g/mol. The van der Waals surface area contributed by atoms with Gasteiger partial charge in [0.2, 0.25) is 0 Å². The van der Waals surface area contributed by atoms with Gasteiger partial charge in [0.1, 0.15) is 11.4 Å². The number of H-pyrrole nitrogens is 1. The van der Waals surface area contributed by atoms with Crippen molar-refractivity contribution < 1.29 is 14.3 Å². The van der Waals surface area contributed by atoms with Crippen LogP contribution in [-0.2, 0) is 17.8 Å². The molecule has 1 aromatic heterocycles. The summed E-state index contributed by atoms with van der Waals surface area (Å²) in [6, 6.07) is 12.8. The molecule has 0 saturated carbocycles. The van der Waals surface area contributed by atoms with Crippen LogP contribution in [0, 0.1) is 0 Å². The van der Waals surface area contributed by atoms with E-state index in [1.54, 1.807) is 23.1 Å². The zero-order chi connectivity index (χ0) is 22.2. The number of carbonyl (C=O) groups is 1. The zero-order valence-electron chi connectivity index (χ0n) is 18.3. The standard InChI is InChI=1S/C24H27N3O4/c1-15(2)27(13-20-25-18-10-6-5-9-17(18)23(29)26-20)21(28)14-30-19-11-7-8-16-12-24(3,4)31-22(16)19/h5-11,15H,12-14H2,1-4H3,(H,25,26,29). The summed E-state index contributed by atoms with van der Waals surface area (Å²) < 4.78 is 11.9. The van der Waals surface area contributed by atoms with Gasteiger partial charge in [-0.15, -0.1) is 0 Å². The lowest BCUT2D eigenvalue weighted by Gasteiger charge is -2.26. The summed E-state index contributed by atoms with van der Waals surface area (Å²) in [5.41, 5.74) is 1.18. The minimum absolute atomic E-state index is 0.0930. The minimum atomic E-state index is -0.288. The summed E-state index contributed by atoms with van der Waals surface area (Å²) in [5, 5.41) is 0.526. The smallest absolute Gasteiger partial charge is 0.261 e. The van der Waals surface area contributed by atoms with Gasteiger partial charge in [-0.05, 0) is 45.9 Å². The van der Waals surface area contributed by atoms with E-state index in [1.807, 2.05) is 52.0 Å². The van der Waals surface area contributed by atoms with Gasteiger partial charge in [-0.1, -0.05) is 24.3 Å². The van der Waals surface area contributed by atoms with Crippen LogP contribution >= 0.6 is 0 Å². The first kappa shape index (κ1) is 20.9. The first-order valence-corrected chi connectivity index (χ1v) is 10.4. The maximum Gasteiger partial charge on any atom is 0.261 e. The summed E-state index contributed by atoms with van der Waals surface area (Å²) in [6.45, 7) is 7.96. The summed E-state index contributed by atoms with van der Waals surface area (Å²) in [7, 11) is 0. The summed E-state index contributed by atoms with van der Waals surface area (Å²) in [6.07, 6.45) is 0.798. The number of fused-ring (bicyclic) bond motifs is 2. The van der Waals surface area contributed by atoms with E-state index in [0.717, 1.165) is 12.0 Å². The van der Waals surface area contributed by atoms with Gasteiger partial charge in [0.15, 0.2) is 18.1 Å². The molecule has 0 atom stereocenters. The maximum absolute atomic E-state index is 13.0. The Bertz CT molecular complexity index is 1180. The number of rotatable bonds is 6. The molecule has 7 nitrogen and oxygen atoms in total. The van der Waals surface area contributed by atoms with Crippen LogP contribution in [0.15, 0.2) is 47.3 Å². The van der Waals surface area contributed by atoms with Crippen molar-refractivity contribution in [2.45, 2.75) is 52.3 Å². The number of aromatic amines is 1. The van der Waals surface area contributed by atoms with Crippen LogP contribution in [0.3, 0.4) is 0 Å². The van der Waals surface area contributed by atoms with Gasteiger partial charge in [-0.25, -0.2) is 4.98 Å². The van der Waals surface area contributed by atoms with Gasteiger partial charge < -0.3 is 19.4 Å². The van der Waals surface area contributed by atoms with Gasteiger partial charge in [0, 0.05) is 18.0 Å². The number of hydrogen-bond donors (Lipinski definition) is 1. The number of amides is 1. The number of hydrogen-bond acceptors (Lipinski definition) is 5. The molecule has 0 saturated heterocycles. The molecule has 0 bridgehead atoms. The molecule has 0 unspecified atom stereocenters. The molecule has 2 heterocycles. The molecular formula is C24H27N3O4. The summed E-state index contributed by atoms with van der Waals surface area (Å²) >= 11 is 0. The Balaban J connectivity index is 1.50. The third-order valence-electron chi connectivity index (χ3n) is 5.33. The van der Waals surface area contributed by atoms with Crippen molar-refractivity contribution in [1.29, 1.82) is 0 Å². The van der Waals surface area contributed by atoms with Crippen LogP contribution in [0.4, 0.5) is 0 Å². The van der Waals surface area contributed by atoms with Crippen molar-refractivity contribution in [3.05, 3.63) is 64.2 Å². The molecule has 1 amide bonds. The molecule has 1 aliphatic rings. The van der Waals surface area contributed by atoms with Gasteiger partial charge in [-0.2, -0.15) is 0 Å². The van der Waals surface area contributed by atoms with E-state index in [-0.39, 0.29) is 36.3 Å². The molecule has 1 aliphatic heterocycles. The van der Waals surface area contributed by atoms with E-state index < -0.39 is 0 Å². The van der Waals surface area contributed by atoms with Gasteiger partial charge in [0.25, 0.3) is 11.5 Å². The number of nitrogens with one attached hydrogen (secondary N) is 1. The van der Waals surface area contributed by atoms with Gasteiger partial charge >= 0.3 is 0 Å². The topological polar surface area (TPSA) is 84.5 Å². The Morgan fingerprint density at radius 3 is 2.77 bits per heavy atom. The largest absolute Gasteiger partial charge is 0.483 e. The van der Waals surface area contributed by atoms with Crippen molar-refractivity contribution in [3.63, 3.8) is 0 Å². The van der Waals surface area contributed by atoms with E-state index >= 15 is 0 Å². The van der Waals surface area contributed by atoms with Gasteiger partial charge in [0.05, 0.1) is 17.4 Å². The first-order chi connectivity index (χ1) is 14.7. The average Bonchev–Trinajstić information content (AvgIpc) is 3.04. The molecule has 31 heavy (non-hydrogen) atoms. The fraction of sp³-hybridized carbons (Fsp3) is 0.375. The van der Waals surface area contributed by atoms with Crippen molar-refractivity contribution >= 4 is 16.8 Å². The van der Waals surface area contributed by atoms with Crippen LogP contribution in [0.2, 0.25) is 0 Å². The van der Waals surface area contributed by atoms with E-state index in [2.05, 4.69) is 9.97 Å². The predicted octanol–water partition coefficient (Wildman–Crippen LogP) is 3.45. The Hall–Kier alpha value is -3.35. The predicted molar refractivity (Wildman–Crippen MR) is 118 cm³/mol. The molecule has 0 spiro atoms. The number of aromatic nitrogens is 2. The second-order valence-corrected chi connectivity index (χ2v) is 8.72. The van der Waals surface area contributed by atoms with Gasteiger partial charge in [-0.3, -0.25) is 9.59 Å². The molecule has 3 aromatic rings. The molecule has 162 valence electrons. The lowest BCUT2D eigenvalue weighted by Crippen LogP contribution is -2.40. The molecule has 1 N–H and O–H groups in total. The molecule has 7 heteroatoms. The van der Waals surface area contributed by atoms with Crippen LogP contribution in [0.1, 0.15) is 39.1 Å². The van der Waals surface area contributed by atoms with Crippen LogP contribution in [0.5, 0.6) is 11.5 Å². The first-order valence-electron chi connectivity index (χ1n) is 10.4. The van der Waals surface area contributed by atoms with Crippen LogP contribution < -0.4 is 15.0 Å². The summed E-state index contributed by atoms with van der Waals surface area (Å²) in [5.74, 6) is 1.52. The molecule has 0 radical (unpaired) electrons. The molecule has 0 aliphatic carbocycles.